The number of carbonyl (C=O) groups is 1. The highest BCUT2D eigenvalue weighted by atomic mass is 16.7. The summed E-state index contributed by atoms with van der Waals surface area (Å²) in [5.74, 6) is 0.201. The molecule has 2 aliphatic rings. The molecule has 2 rings (SSSR count). The van der Waals surface area contributed by atoms with Crippen LogP contribution in [0.2, 0.25) is 0 Å². The lowest BCUT2D eigenvalue weighted by Crippen LogP contribution is -3.15. The maximum Gasteiger partial charge on any atom is 0.341 e. The van der Waals surface area contributed by atoms with Crippen molar-refractivity contribution >= 4 is 5.97 Å². The summed E-state index contributed by atoms with van der Waals surface area (Å²) in [5, 5.41) is 0. The molecule has 2 aliphatic heterocycles. The first kappa shape index (κ1) is 12.8. The fourth-order valence-corrected chi connectivity index (χ4v) is 3.31. The zero-order valence-corrected chi connectivity index (χ0v) is 11.5. The van der Waals surface area contributed by atoms with E-state index in [2.05, 4.69) is 20.9 Å². The molecule has 2 heterocycles. The van der Waals surface area contributed by atoms with Gasteiger partial charge in [-0.05, 0) is 20.8 Å². The van der Waals surface area contributed by atoms with E-state index in [0.29, 0.717) is 18.6 Å². The molecule has 0 bridgehead atoms. The number of carbonyl (C=O) groups excluding carboxylic acids is 1. The first-order valence-corrected chi connectivity index (χ1v) is 6.57. The summed E-state index contributed by atoms with van der Waals surface area (Å²) in [6.45, 7) is 9.59. The molecule has 0 radical (unpaired) electrons. The zero-order chi connectivity index (χ0) is 12.8. The molecular formula is C13H24NO3+. The minimum Gasteiger partial charge on any atom is -0.464 e. The Morgan fingerprint density at radius 2 is 2.18 bits per heavy atom. The number of likely N-dealkylation sites (tertiary alicyclic amines) is 1. The maximum absolute atomic E-state index is 12.0. The summed E-state index contributed by atoms with van der Waals surface area (Å²) < 4.78 is 11.0. The number of ether oxygens (including phenoxy) is 2. The van der Waals surface area contributed by atoms with Crippen molar-refractivity contribution in [3.05, 3.63) is 0 Å². The molecule has 4 nitrogen and oxygen atoms in total. The van der Waals surface area contributed by atoms with Gasteiger partial charge in [0.05, 0.1) is 26.2 Å². The van der Waals surface area contributed by atoms with Crippen LogP contribution in [0.15, 0.2) is 0 Å². The third-order valence-electron chi connectivity index (χ3n) is 4.69. The van der Waals surface area contributed by atoms with Crippen LogP contribution >= 0.6 is 0 Å². The van der Waals surface area contributed by atoms with Gasteiger partial charge in [-0.1, -0.05) is 6.92 Å². The van der Waals surface area contributed by atoms with Crippen molar-refractivity contribution in [2.24, 2.45) is 5.92 Å². The van der Waals surface area contributed by atoms with Crippen molar-refractivity contribution < 1.29 is 19.2 Å². The van der Waals surface area contributed by atoms with Crippen LogP contribution in [0.3, 0.4) is 0 Å². The Bertz CT molecular complexity index is 333. The van der Waals surface area contributed by atoms with Crippen molar-refractivity contribution in [1.82, 2.24) is 0 Å². The van der Waals surface area contributed by atoms with Gasteiger partial charge in [-0.3, -0.25) is 0 Å². The largest absolute Gasteiger partial charge is 0.464 e. The van der Waals surface area contributed by atoms with Gasteiger partial charge in [-0.2, -0.15) is 0 Å². The quantitative estimate of drug-likeness (QED) is 0.548. The highest BCUT2D eigenvalue weighted by molar-refractivity contribution is 5.84. The second-order valence-corrected chi connectivity index (χ2v) is 5.80. The van der Waals surface area contributed by atoms with Crippen LogP contribution in [0.5, 0.6) is 0 Å². The molecule has 0 amide bonds. The molecule has 0 saturated carbocycles. The van der Waals surface area contributed by atoms with Gasteiger partial charge in [0.25, 0.3) is 0 Å². The average molecular weight is 242 g/mol. The molecule has 4 heteroatoms. The van der Waals surface area contributed by atoms with Crippen molar-refractivity contribution in [2.45, 2.75) is 51.4 Å². The number of hydrogen-bond acceptors (Lipinski definition) is 3. The molecule has 2 saturated heterocycles. The predicted octanol–water partition coefficient (Wildman–Crippen LogP) is 0.0202. The number of esters is 1. The monoisotopic (exact) mass is 242 g/mol. The number of quaternary nitrogens is 1. The Labute approximate surface area is 103 Å². The fraction of sp³-hybridized carbons (Fsp3) is 0.923. The Morgan fingerprint density at radius 1 is 1.53 bits per heavy atom. The van der Waals surface area contributed by atoms with E-state index in [-0.39, 0.29) is 11.6 Å². The van der Waals surface area contributed by atoms with Gasteiger partial charge in [0.15, 0.2) is 5.60 Å². The topological polar surface area (TPSA) is 43.3 Å². The molecule has 1 N–H and O–H groups in total. The van der Waals surface area contributed by atoms with Gasteiger partial charge in [-0.25, -0.2) is 4.79 Å². The SMILES string of the molecule is CCOC(=O)[C@@]1(C)O[C@]12C[C@H](C)[NH+](C)C[C@@H]2C. The van der Waals surface area contributed by atoms with Crippen LogP contribution in [-0.2, 0) is 14.3 Å². The van der Waals surface area contributed by atoms with E-state index in [1.165, 1.54) is 4.90 Å². The van der Waals surface area contributed by atoms with Crippen molar-refractivity contribution in [3.63, 3.8) is 0 Å². The molecule has 1 spiro atoms. The average Bonchev–Trinajstić information content (AvgIpc) is 2.85. The van der Waals surface area contributed by atoms with E-state index >= 15 is 0 Å². The van der Waals surface area contributed by atoms with E-state index in [1.54, 1.807) is 0 Å². The van der Waals surface area contributed by atoms with Crippen molar-refractivity contribution in [3.8, 4) is 0 Å². The standard InChI is InChI=1S/C13H23NO3/c1-6-16-11(15)12(4)13(17-12)7-10(3)14(5)8-9(13)2/h9-10H,6-8H2,1-5H3/p+1/t9-,10-,12+,13-/m0/s1. The lowest BCUT2D eigenvalue weighted by molar-refractivity contribution is -0.914. The third-order valence-corrected chi connectivity index (χ3v) is 4.69. The summed E-state index contributed by atoms with van der Waals surface area (Å²) in [6.07, 6.45) is 0.940. The Kier molecular flexibility index (Phi) is 2.99. The predicted molar refractivity (Wildman–Crippen MR) is 63.9 cm³/mol. The second kappa shape index (κ2) is 3.95. The number of hydrogen-bond donors (Lipinski definition) is 1. The summed E-state index contributed by atoms with van der Waals surface area (Å²) in [4.78, 5) is 13.5. The molecule has 0 aromatic carbocycles. The lowest BCUT2D eigenvalue weighted by Gasteiger charge is -2.36. The van der Waals surface area contributed by atoms with Crippen LogP contribution in [0.1, 0.15) is 34.1 Å². The summed E-state index contributed by atoms with van der Waals surface area (Å²) in [5.41, 5.74) is -0.991. The van der Waals surface area contributed by atoms with Gasteiger partial charge < -0.3 is 14.4 Å². The van der Waals surface area contributed by atoms with Gasteiger partial charge in [0.1, 0.15) is 5.60 Å². The van der Waals surface area contributed by atoms with Crippen molar-refractivity contribution in [2.75, 3.05) is 20.2 Å². The molecule has 0 aromatic rings. The summed E-state index contributed by atoms with van der Waals surface area (Å²) in [6, 6.07) is 0.530. The highest BCUT2D eigenvalue weighted by Crippen LogP contribution is 2.56. The first-order valence-electron chi connectivity index (χ1n) is 6.57. The Morgan fingerprint density at radius 3 is 2.76 bits per heavy atom. The highest BCUT2D eigenvalue weighted by Gasteiger charge is 2.76. The van der Waals surface area contributed by atoms with Gasteiger partial charge in [0.2, 0.25) is 0 Å². The van der Waals surface area contributed by atoms with Gasteiger partial charge >= 0.3 is 5.97 Å². The molecule has 1 unspecified atom stereocenters. The zero-order valence-electron chi connectivity index (χ0n) is 11.5. The number of nitrogens with one attached hydrogen (secondary N) is 1. The van der Waals surface area contributed by atoms with Crippen LogP contribution in [0, 0.1) is 5.92 Å². The molecule has 2 fully saturated rings. The number of rotatable bonds is 2. The first-order chi connectivity index (χ1) is 7.87. The van der Waals surface area contributed by atoms with Gasteiger partial charge in [0, 0.05) is 12.3 Å². The van der Waals surface area contributed by atoms with E-state index < -0.39 is 5.60 Å². The molecule has 5 atom stereocenters. The van der Waals surface area contributed by atoms with E-state index in [4.69, 9.17) is 9.47 Å². The van der Waals surface area contributed by atoms with Crippen LogP contribution in [0.4, 0.5) is 0 Å². The van der Waals surface area contributed by atoms with E-state index in [0.717, 1.165) is 13.0 Å². The summed E-state index contributed by atoms with van der Waals surface area (Å²) >= 11 is 0. The summed E-state index contributed by atoms with van der Waals surface area (Å²) in [7, 11) is 2.21. The molecule has 17 heavy (non-hydrogen) atoms. The maximum atomic E-state index is 12.0. The normalized spacial score (nSPS) is 49.1. The Balaban J connectivity index is 2.15. The van der Waals surface area contributed by atoms with E-state index in [1.807, 2.05) is 13.8 Å². The van der Waals surface area contributed by atoms with Crippen LogP contribution < -0.4 is 4.90 Å². The number of epoxide rings is 1. The third kappa shape index (κ3) is 1.69. The Hall–Kier alpha value is -0.610. The lowest BCUT2D eigenvalue weighted by atomic mass is 9.76. The molecular weight excluding hydrogens is 218 g/mol. The molecule has 98 valence electrons. The smallest absolute Gasteiger partial charge is 0.341 e. The molecule has 0 aliphatic carbocycles. The van der Waals surface area contributed by atoms with Gasteiger partial charge in [-0.15, -0.1) is 0 Å². The minimum absolute atomic E-state index is 0.196. The van der Waals surface area contributed by atoms with Crippen molar-refractivity contribution in [1.29, 1.82) is 0 Å². The van der Waals surface area contributed by atoms with Crippen LogP contribution in [-0.4, -0.2) is 43.4 Å². The number of piperidine rings is 1. The minimum atomic E-state index is -0.711. The van der Waals surface area contributed by atoms with Crippen LogP contribution in [0.25, 0.3) is 0 Å². The van der Waals surface area contributed by atoms with E-state index in [9.17, 15) is 4.79 Å². The fourth-order valence-electron chi connectivity index (χ4n) is 3.31. The molecule has 0 aromatic heterocycles. The second-order valence-electron chi connectivity index (χ2n) is 5.80.